The Hall–Kier alpha value is -5.29. The van der Waals surface area contributed by atoms with Gasteiger partial charge in [-0.1, -0.05) is 91.0 Å². The van der Waals surface area contributed by atoms with Gasteiger partial charge in [-0.25, -0.2) is 4.98 Å². The number of thioether (sulfide) groups is 1. The van der Waals surface area contributed by atoms with Crippen LogP contribution in [-0.4, -0.2) is 22.7 Å². The van der Waals surface area contributed by atoms with Crippen LogP contribution >= 0.6 is 34.4 Å². The minimum absolute atomic E-state index is 0.110. The minimum Gasteiger partial charge on any atom is -0.321 e. The third-order valence-corrected chi connectivity index (χ3v) is 9.67. The maximum atomic E-state index is 13.7. The van der Waals surface area contributed by atoms with Gasteiger partial charge < -0.3 is 16.0 Å². The van der Waals surface area contributed by atoms with Gasteiger partial charge in [-0.2, -0.15) is 0 Å². The summed E-state index contributed by atoms with van der Waals surface area (Å²) in [6.45, 7) is 0. The molecule has 6 aromatic rings. The number of amides is 3. The lowest BCUT2D eigenvalue weighted by Crippen LogP contribution is -2.30. The average molecular weight is 673 g/mol. The summed E-state index contributed by atoms with van der Waals surface area (Å²) >= 11 is 4.19. The summed E-state index contributed by atoms with van der Waals surface area (Å²) in [6, 6.07) is 39.1. The average Bonchev–Trinajstić information content (AvgIpc) is 3.81. The van der Waals surface area contributed by atoms with Gasteiger partial charge in [0.1, 0.15) is 10.9 Å². The largest absolute Gasteiger partial charge is 0.321 e. The standard InChI is InChI=1S/C37H28N4O3S3/c42-34(27-16-8-3-9-17-27)39-31(23-29-20-11-21-45-29)35(43)38-28-18-10-19-30(22-28)47-33(26-14-6-2-7-15-26)36(44)41-37-40-32(24-46-37)25-12-4-1-5-13-25/h1-24,33H,(H,38,43)(H,39,42)(H,40,41,44)/b31-23-. The molecule has 3 amide bonds. The monoisotopic (exact) mass is 672 g/mol. The van der Waals surface area contributed by atoms with Gasteiger partial charge in [0.15, 0.2) is 5.13 Å². The summed E-state index contributed by atoms with van der Waals surface area (Å²) < 4.78 is 0. The van der Waals surface area contributed by atoms with Gasteiger partial charge in [0.25, 0.3) is 11.8 Å². The lowest BCUT2D eigenvalue weighted by Gasteiger charge is -2.17. The Morgan fingerprint density at radius 3 is 2.19 bits per heavy atom. The molecule has 1 unspecified atom stereocenters. The Balaban J connectivity index is 1.19. The zero-order valence-electron chi connectivity index (χ0n) is 24.8. The second-order valence-corrected chi connectivity index (χ2v) is 13.2. The van der Waals surface area contributed by atoms with Gasteiger partial charge >= 0.3 is 0 Å². The van der Waals surface area contributed by atoms with Crippen molar-refractivity contribution in [1.82, 2.24) is 10.3 Å². The van der Waals surface area contributed by atoms with E-state index in [9.17, 15) is 14.4 Å². The van der Waals surface area contributed by atoms with Gasteiger partial charge in [0.2, 0.25) is 5.91 Å². The first kappa shape index (κ1) is 31.7. The van der Waals surface area contributed by atoms with Gasteiger partial charge in [0, 0.05) is 32.0 Å². The van der Waals surface area contributed by atoms with Gasteiger partial charge in [-0.05, 0) is 53.4 Å². The highest BCUT2D eigenvalue weighted by atomic mass is 32.2. The van der Waals surface area contributed by atoms with Crippen LogP contribution in [0.25, 0.3) is 17.3 Å². The highest BCUT2D eigenvalue weighted by Gasteiger charge is 2.24. The topological polar surface area (TPSA) is 100 Å². The van der Waals surface area contributed by atoms with Crippen molar-refractivity contribution in [3.8, 4) is 11.3 Å². The fourth-order valence-corrected chi connectivity index (χ4v) is 7.05. The first-order valence-electron chi connectivity index (χ1n) is 14.6. The summed E-state index contributed by atoms with van der Waals surface area (Å²) in [5.74, 6) is -1.07. The molecular formula is C37H28N4O3S3. The summed E-state index contributed by atoms with van der Waals surface area (Å²) in [6.07, 6.45) is 1.65. The zero-order valence-corrected chi connectivity index (χ0v) is 27.3. The van der Waals surface area contributed by atoms with Crippen LogP contribution in [0.15, 0.2) is 149 Å². The summed E-state index contributed by atoms with van der Waals surface area (Å²) in [7, 11) is 0. The summed E-state index contributed by atoms with van der Waals surface area (Å²) in [5.41, 5.74) is 3.67. The molecule has 3 N–H and O–H groups in total. The number of carbonyl (C=O) groups is 3. The van der Waals surface area contributed by atoms with Crippen molar-refractivity contribution in [2.24, 2.45) is 0 Å². The van der Waals surface area contributed by atoms with E-state index in [0.717, 1.165) is 26.6 Å². The van der Waals surface area contributed by atoms with E-state index < -0.39 is 11.2 Å². The molecule has 232 valence electrons. The molecule has 4 aromatic carbocycles. The van der Waals surface area contributed by atoms with Crippen LogP contribution in [0, 0.1) is 0 Å². The molecule has 0 radical (unpaired) electrons. The molecule has 1 atom stereocenters. The van der Waals surface area contributed by atoms with Gasteiger partial charge in [-0.3, -0.25) is 14.4 Å². The van der Waals surface area contributed by atoms with Gasteiger partial charge in [0.05, 0.1) is 5.69 Å². The second kappa shape index (κ2) is 15.3. The summed E-state index contributed by atoms with van der Waals surface area (Å²) in [4.78, 5) is 46.4. The Morgan fingerprint density at radius 1 is 0.745 bits per heavy atom. The first-order valence-corrected chi connectivity index (χ1v) is 17.2. The van der Waals surface area contributed by atoms with Gasteiger partial charge in [-0.15, -0.1) is 34.4 Å². The number of benzene rings is 4. The van der Waals surface area contributed by atoms with E-state index >= 15 is 0 Å². The maximum Gasteiger partial charge on any atom is 0.272 e. The quantitative estimate of drug-likeness (QED) is 0.0944. The lowest BCUT2D eigenvalue weighted by molar-refractivity contribution is -0.116. The van der Waals surface area contributed by atoms with Crippen molar-refractivity contribution in [2.75, 3.05) is 10.6 Å². The molecule has 0 aliphatic heterocycles. The molecule has 6 rings (SSSR count). The predicted octanol–water partition coefficient (Wildman–Crippen LogP) is 8.75. The van der Waals surface area contributed by atoms with E-state index in [1.54, 1.807) is 36.4 Å². The molecule has 0 aliphatic carbocycles. The number of hydrogen-bond acceptors (Lipinski definition) is 7. The van der Waals surface area contributed by atoms with Crippen LogP contribution in [-0.2, 0) is 9.59 Å². The molecule has 7 nitrogen and oxygen atoms in total. The molecule has 10 heteroatoms. The van der Waals surface area contributed by atoms with E-state index in [2.05, 4.69) is 20.9 Å². The number of nitrogens with one attached hydrogen (secondary N) is 3. The highest BCUT2D eigenvalue weighted by Crippen LogP contribution is 2.38. The number of nitrogens with zero attached hydrogens (tertiary/aromatic N) is 1. The molecule has 0 saturated heterocycles. The number of thiophene rings is 1. The van der Waals surface area contributed by atoms with Crippen molar-refractivity contribution < 1.29 is 14.4 Å². The fraction of sp³-hybridized carbons (Fsp3) is 0.0270. The number of hydrogen-bond donors (Lipinski definition) is 3. The third kappa shape index (κ3) is 8.50. The summed E-state index contributed by atoms with van der Waals surface area (Å²) in [5, 5.41) is 12.4. The van der Waals surface area contributed by atoms with Crippen LogP contribution in [0.4, 0.5) is 10.8 Å². The van der Waals surface area contributed by atoms with E-state index in [4.69, 9.17) is 0 Å². The lowest BCUT2D eigenvalue weighted by atomic mass is 10.1. The Bertz CT molecular complexity index is 1990. The Labute approximate surface area is 284 Å². The van der Waals surface area contributed by atoms with E-state index in [0.29, 0.717) is 16.4 Å². The molecular weight excluding hydrogens is 645 g/mol. The fourth-order valence-electron chi connectivity index (χ4n) is 4.58. The number of thiazole rings is 1. The van der Waals surface area contributed by atoms with Crippen LogP contribution in [0.5, 0.6) is 0 Å². The number of anilines is 2. The molecule has 47 heavy (non-hydrogen) atoms. The maximum absolute atomic E-state index is 13.7. The minimum atomic E-state index is -0.592. The number of carbonyl (C=O) groups excluding carboxylic acids is 3. The SMILES string of the molecule is O=C(Nc1cccc(SC(C(=O)Nc2nc(-c3ccccc3)cs2)c2ccccc2)c1)/C(=C/c1cccs1)NC(=O)c1ccccc1. The van der Waals surface area contributed by atoms with Crippen LogP contribution in [0.3, 0.4) is 0 Å². The van der Waals surface area contributed by atoms with Crippen LogP contribution in [0.2, 0.25) is 0 Å². The Kier molecular flexibility index (Phi) is 10.3. The van der Waals surface area contributed by atoms with Crippen molar-refractivity contribution in [1.29, 1.82) is 0 Å². The van der Waals surface area contributed by atoms with Crippen LogP contribution in [0.1, 0.15) is 26.0 Å². The molecule has 0 aliphatic rings. The van der Waals surface area contributed by atoms with E-state index in [1.807, 2.05) is 108 Å². The third-order valence-electron chi connectivity index (χ3n) is 6.85. The van der Waals surface area contributed by atoms with E-state index in [1.165, 1.54) is 34.4 Å². The highest BCUT2D eigenvalue weighted by molar-refractivity contribution is 8.00. The molecule has 2 aromatic heterocycles. The zero-order chi connectivity index (χ0) is 32.4. The number of rotatable bonds is 11. The van der Waals surface area contributed by atoms with Crippen molar-refractivity contribution >= 4 is 69.1 Å². The molecule has 0 spiro atoms. The molecule has 2 heterocycles. The normalized spacial score (nSPS) is 11.8. The van der Waals surface area contributed by atoms with E-state index in [-0.39, 0.29) is 17.5 Å². The number of aromatic nitrogens is 1. The smallest absolute Gasteiger partial charge is 0.272 e. The molecule has 0 fully saturated rings. The Morgan fingerprint density at radius 2 is 1.47 bits per heavy atom. The van der Waals surface area contributed by atoms with Crippen molar-refractivity contribution in [3.05, 3.63) is 160 Å². The molecule has 0 saturated carbocycles. The second-order valence-electron chi connectivity index (χ2n) is 10.2. The predicted molar refractivity (Wildman–Crippen MR) is 192 cm³/mol. The van der Waals surface area contributed by atoms with Crippen molar-refractivity contribution in [2.45, 2.75) is 10.1 Å². The van der Waals surface area contributed by atoms with Crippen LogP contribution < -0.4 is 16.0 Å². The molecule has 0 bridgehead atoms. The first-order chi connectivity index (χ1) is 23.0. The van der Waals surface area contributed by atoms with Crippen molar-refractivity contribution in [3.63, 3.8) is 0 Å².